The molecule has 22 heavy (non-hydrogen) atoms. The summed E-state index contributed by atoms with van der Waals surface area (Å²) < 4.78 is 0.438. The molecular formula is C17H16N3O2+. The van der Waals surface area contributed by atoms with Crippen molar-refractivity contribution in [2.75, 3.05) is 7.05 Å². The molecule has 0 radical (unpaired) electrons. The molecule has 5 heteroatoms. The maximum atomic E-state index is 11.7. The molecule has 5 nitrogen and oxygen atoms in total. The van der Waals surface area contributed by atoms with Gasteiger partial charge in [0.2, 0.25) is 0 Å². The first kappa shape index (κ1) is 14.3. The van der Waals surface area contributed by atoms with E-state index in [1.807, 2.05) is 56.7 Å². The van der Waals surface area contributed by atoms with E-state index < -0.39 is 0 Å². The Bertz CT molecular complexity index is 757. The Morgan fingerprint density at radius 1 is 1.23 bits per heavy atom. The highest BCUT2D eigenvalue weighted by molar-refractivity contribution is 6.36. The Morgan fingerprint density at radius 2 is 1.95 bits per heavy atom. The Balaban J connectivity index is 1.92. The lowest BCUT2D eigenvalue weighted by Crippen LogP contribution is -2.30. The second-order valence-corrected chi connectivity index (χ2v) is 5.61. The molecule has 0 bridgehead atoms. The number of allylic oxidation sites excluding steroid dienone is 2. The highest BCUT2D eigenvalue weighted by atomic mass is 16.1. The third-order valence-electron chi connectivity index (χ3n) is 4.04. The molecule has 2 unspecified atom stereocenters. The van der Waals surface area contributed by atoms with E-state index in [2.05, 4.69) is 10.2 Å². The van der Waals surface area contributed by atoms with Gasteiger partial charge < -0.3 is 0 Å². The number of quaternary nitrogens is 1. The van der Waals surface area contributed by atoms with Crippen LogP contribution in [0.15, 0.2) is 58.5 Å². The van der Waals surface area contributed by atoms with Gasteiger partial charge in [-0.05, 0) is 24.6 Å². The summed E-state index contributed by atoms with van der Waals surface area (Å²) in [5.41, 5.74) is 3.26. The number of hydrogen-bond acceptors (Lipinski definition) is 4. The van der Waals surface area contributed by atoms with Crippen molar-refractivity contribution in [2.24, 2.45) is 16.1 Å². The van der Waals surface area contributed by atoms with Gasteiger partial charge in [0.05, 0.1) is 30.5 Å². The third-order valence-corrected chi connectivity index (χ3v) is 4.04. The molecule has 110 valence electrons. The van der Waals surface area contributed by atoms with Gasteiger partial charge in [-0.2, -0.15) is 10.2 Å². The van der Waals surface area contributed by atoms with E-state index in [1.165, 1.54) is 6.21 Å². The zero-order valence-electron chi connectivity index (χ0n) is 12.4. The molecule has 2 aliphatic heterocycles. The number of Topliss-reactive ketones (excluding diaryl/α,β-unsaturated/α-hetero) is 1. The minimum absolute atomic E-state index is 0.0332. The van der Waals surface area contributed by atoms with Crippen molar-refractivity contribution < 1.29 is 9.59 Å². The van der Waals surface area contributed by atoms with Gasteiger partial charge >= 0.3 is 0 Å². The van der Waals surface area contributed by atoms with Crippen LogP contribution in [0.3, 0.4) is 0 Å². The summed E-state index contributed by atoms with van der Waals surface area (Å²) >= 11 is 0. The number of carbonyl (C=O) groups excluding carboxylic acids is 2. The second-order valence-electron chi connectivity index (χ2n) is 5.61. The standard InChI is InChI=1S/C17H16N3O2/c1-12-16(22)9-18-19-17(12)14-3-5-15(6-4-14)20(2)8-7-13(10-20)11-21/h3-12H,1-2H3/q+1. The Morgan fingerprint density at radius 3 is 2.59 bits per heavy atom. The number of benzene rings is 1. The van der Waals surface area contributed by atoms with Crippen molar-refractivity contribution in [1.82, 2.24) is 4.48 Å². The molecule has 0 saturated carbocycles. The predicted molar refractivity (Wildman–Crippen MR) is 86.6 cm³/mol. The molecule has 2 heterocycles. The monoisotopic (exact) mass is 294 g/mol. The topological polar surface area (TPSA) is 58.9 Å². The quantitative estimate of drug-likeness (QED) is 0.634. The van der Waals surface area contributed by atoms with E-state index in [1.54, 1.807) is 0 Å². The molecule has 2 atom stereocenters. The van der Waals surface area contributed by atoms with Gasteiger partial charge in [-0.3, -0.25) is 9.59 Å². The molecule has 0 N–H and O–H groups in total. The first-order chi connectivity index (χ1) is 10.5. The molecular weight excluding hydrogens is 278 g/mol. The van der Waals surface area contributed by atoms with Crippen LogP contribution in [0.1, 0.15) is 12.5 Å². The van der Waals surface area contributed by atoms with Crippen LogP contribution in [0.5, 0.6) is 0 Å². The Labute approximate surface area is 128 Å². The summed E-state index contributed by atoms with van der Waals surface area (Å²) in [6, 6.07) is 7.82. The molecule has 0 aliphatic carbocycles. The van der Waals surface area contributed by atoms with Crippen molar-refractivity contribution in [2.45, 2.75) is 6.92 Å². The second kappa shape index (κ2) is 5.27. The van der Waals surface area contributed by atoms with E-state index in [4.69, 9.17) is 0 Å². The average molecular weight is 294 g/mol. The van der Waals surface area contributed by atoms with E-state index >= 15 is 0 Å². The fourth-order valence-corrected chi connectivity index (χ4v) is 2.61. The predicted octanol–water partition coefficient (Wildman–Crippen LogP) is 2.23. The van der Waals surface area contributed by atoms with Crippen LogP contribution in [0.25, 0.3) is 0 Å². The fraction of sp³-hybridized carbons (Fsp3) is 0.176. The first-order valence-electron chi connectivity index (χ1n) is 7.02. The minimum atomic E-state index is -0.277. The Hall–Kier alpha value is -2.66. The fourth-order valence-electron chi connectivity index (χ4n) is 2.61. The van der Waals surface area contributed by atoms with Crippen LogP contribution < -0.4 is 4.48 Å². The van der Waals surface area contributed by atoms with Gasteiger partial charge in [0.25, 0.3) is 0 Å². The summed E-state index contributed by atoms with van der Waals surface area (Å²) in [4.78, 5) is 22.6. The number of hydrogen-bond donors (Lipinski definition) is 0. The maximum Gasteiger partial charge on any atom is 0.184 e. The van der Waals surface area contributed by atoms with Crippen molar-refractivity contribution in [3.8, 4) is 0 Å². The smallest absolute Gasteiger partial charge is 0.184 e. The van der Waals surface area contributed by atoms with E-state index in [-0.39, 0.29) is 11.7 Å². The van der Waals surface area contributed by atoms with Gasteiger partial charge in [-0.25, -0.2) is 4.48 Å². The molecule has 0 spiro atoms. The van der Waals surface area contributed by atoms with Crippen LogP contribution in [0, 0.1) is 5.92 Å². The number of ketones is 1. The van der Waals surface area contributed by atoms with Crippen molar-refractivity contribution in [1.29, 1.82) is 0 Å². The summed E-state index contributed by atoms with van der Waals surface area (Å²) in [5.74, 6) is -0.310. The lowest BCUT2D eigenvalue weighted by atomic mass is 9.94. The zero-order valence-corrected chi connectivity index (χ0v) is 12.4. The van der Waals surface area contributed by atoms with Crippen molar-refractivity contribution in [3.63, 3.8) is 0 Å². The largest absolute Gasteiger partial charge is 0.298 e. The Kier molecular flexibility index (Phi) is 3.42. The minimum Gasteiger partial charge on any atom is -0.298 e. The van der Waals surface area contributed by atoms with Gasteiger partial charge in [-0.15, -0.1) is 0 Å². The van der Waals surface area contributed by atoms with Gasteiger partial charge in [0, 0.05) is 18.2 Å². The van der Waals surface area contributed by atoms with E-state index in [9.17, 15) is 9.59 Å². The molecule has 1 aromatic rings. The van der Waals surface area contributed by atoms with Crippen LogP contribution in [-0.4, -0.2) is 31.0 Å². The van der Waals surface area contributed by atoms with E-state index in [0.717, 1.165) is 17.5 Å². The van der Waals surface area contributed by atoms with Crippen LogP contribution >= 0.6 is 0 Å². The maximum absolute atomic E-state index is 11.7. The van der Waals surface area contributed by atoms with Crippen molar-refractivity contribution >= 4 is 29.7 Å². The van der Waals surface area contributed by atoms with Crippen LogP contribution in [-0.2, 0) is 9.59 Å². The summed E-state index contributed by atoms with van der Waals surface area (Å²) in [5, 5.41) is 7.84. The summed E-state index contributed by atoms with van der Waals surface area (Å²) in [6.07, 6.45) is 7.75. The molecule has 0 aromatic heterocycles. The highest BCUT2D eigenvalue weighted by Gasteiger charge is 2.27. The lowest BCUT2D eigenvalue weighted by Gasteiger charge is -2.23. The SMILES string of the molecule is CC1C(=O)C=NN=C1c1ccc([N+]2(C)C=CC(C=O)=C2)cc1. The molecule has 0 fully saturated rings. The first-order valence-corrected chi connectivity index (χ1v) is 7.02. The summed E-state index contributed by atoms with van der Waals surface area (Å²) in [7, 11) is 2.00. The van der Waals surface area contributed by atoms with Gasteiger partial charge in [0.15, 0.2) is 12.1 Å². The molecule has 2 aliphatic rings. The highest BCUT2D eigenvalue weighted by Crippen LogP contribution is 2.28. The van der Waals surface area contributed by atoms with Crippen molar-refractivity contribution in [3.05, 3.63) is 53.9 Å². The molecule has 0 saturated heterocycles. The van der Waals surface area contributed by atoms with Gasteiger partial charge in [-0.1, -0.05) is 0 Å². The number of rotatable bonds is 3. The molecule has 1 aromatic carbocycles. The molecule has 0 amide bonds. The van der Waals surface area contributed by atoms with Gasteiger partial charge in [0.1, 0.15) is 18.1 Å². The normalized spacial score (nSPS) is 26.8. The lowest BCUT2D eigenvalue weighted by molar-refractivity contribution is -0.114. The van der Waals surface area contributed by atoms with E-state index in [0.29, 0.717) is 15.8 Å². The average Bonchev–Trinajstić information content (AvgIpc) is 2.93. The number of aldehydes is 1. The number of carbonyl (C=O) groups is 2. The molecule has 3 rings (SSSR count). The third kappa shape index (κ3) is 2.35. The van der Waals surface area contributed by atoms with Crippen LogP contribution in [0.4, 0.5) is 5.69 Å². The van der Waals surface area contributed by atoms with Crippen LogP contribution in [0.2, 0.25) is 0 Å². The zero-order chi connectivity index (χ0) is 15.7. The number of nitrogens with zero attached hydrogens (tertiary/aromatic N) is 3. The summed E-state index contributed by atoms with van der Waals surface area (Å²) in [6.45, 7) is 1.83.